The molecule has 0 aliphatic rings. The normalized spacial score (nSPS) is 11.0. The number of nitrogens with zero attached hydrogens (tertiary/aromatic N) is 1. The molecule has 0 fully saturated rings. The van der Waals surface area contributed by atoms with Crippen molar-refractivity contribution in [1.82, 2.24) is 4.98 Å². The Morgan fingerprint density at radius 3 is 2.74 bits per heavy atom. The van der Waals surface area contributed by atoms with Crippen LogP contribution in [0.4, 0.5) is 5.13 Å². The van der Waals surface area contributed by atoms with Gasteiger partial charge < -0.3 is 9.47 Å². The van der Waals surface area contributed by atoms with E-state index in [2.05, 4.69) is 9.71 Å². The molecule has 124 valence electrons. The number of nitrogens with one attached hydrogen (secondary N) is 1. The molecule has 0 saturated heterocycles. The molecule has 0 aliphatic carbocycles. The van der Waals surface area contributed by atoms with E-state index in [4.69, 9.17) is 9.47 Å². The van der Waals surface area contributed by atoms with Crippen molar-refractivity contribution >= 4 is 32.5 Å². The first-order chi connectivity index (χ1) is 11.0. The quantitative estimate of drug-likeness (QED) is 0.728. The lowest BCUT2D eigenvalue weighted by Gasteiger charge is -2.07. The molecule has 0 bridgehead atoms. The summed E-state index contributed by atoms with van der Waals surface area (Å²) in [6.07, 6.45) is 0. The molecule has 0 unspecified atom stereocenters. The first kappa shape index (κ1) is 17.2. The van der Waals surface area contributed by atoms with Gasteiger partial charge in [-0.2, -0.15) is 0 Å². The third-order valence-electron chi connectivity index (χ3n) is 2.60. The van der Waals surface area contributed by atoms with Crippen LogP contribution in [0.2, 0.25) is 0 Å². The molecule has 0 radical (unpaired) electrons. The minimum atomic E-state index is -3.61. The first-order valence-corrected chi connectivity index (χ1v) is 9.34. The second-order valence-corrected chi connectivity index (χ2v) is 7.04. The number of hydrogen-bond acceptors (Lipinski definition) is 7. The van der Waals surface area contributed by atoms with E-state index >= 15 is 0 Å². The summed E-state index contributed by atoms with van der Waals surface area (Å²) in [5, 5.41) is 1.56. The van der Waals surface area contributed by atoms with Crippen molar-refractivity contribution in [2.24, 2.45) is 0 Å². The molecule has 2 aromatic rings. The predicted octanol–water partition coefficient (Wildman–Crippen LogP) is 2.14. The van der Waals surface area contributed by atoms with Gasteiger partial charge in [0.15, 0.2) is 10.8 Å². The average Bonchev–Trinajstić information content (AvgIpc) is 2.96. The van der Waals surface area contributed by atoms with E-state index in [1.807, 2.05) is 6.07 Å². The minimum absolute atomic E-state index is 0.00938. The van der Waals surface area contributed by atoms with Crippen LogP contribution in [0.25, 0.3) is 0 Å². The Hall–Kier alpha value is -2.13. The Labute approximate surface area is 138 Å². The molecule has 1 N–H and O–H groups in total. The first-order valence-electron chi connectivity index (χ1n) is 6.81. The van der Waals surface area contributed by atoms with Crippen LogP contribution >= 0.6 is 11.3 Å². The van der Waals surface area contributed by atoms with Crippen LogP contribution in [0.5, 0.6) is 5.75 Å². The molecule has 0 spiro atoms. The minimum Gasteiger partial charge on any atom is -0.492 e. The van der Waals surface area contributed by atoms with Crippen LogP contribution < -0.4 is 9.46 Å². The summed E-state index contributed by atoms with van der Waals surface area (Å²) in [6.45, 7) is 1.92. The van der Waals surface area contributed by atoms with E-state index in [0.29, 0.717) is 5.75 Å². The maximum absolute atomic E-state index is 12.0. The van der Waals surface area contributed by atoms with Gasteiger partial charge in [0, 0.05) is 5.38 Å². The fraction of sp³-hybridized carbons (Fsp3) is 0.286. The maximum Gasteiger partial charge on any atom is 0.357 e. The topological polar surface area (TPSA) is 94.6 Å². The van der Waals surface area contributed by atoms with Crippen LogP contribution in [0.3, 0.4) is 0 Å². The number of esters is 1. The number of hydrogen-bond donors (Lipinski definition) is 1. The Kier molecular flexibility index (Phi) is 5.94. The number of aromatic nitrogens is 1. The summed E-state index contributed by atoms with van der Waals surface area (Å²) in [6, 6.07) is 8.93. The fourth-order valence-corrected chi connectivity index (χ4v) is 3.40. The van der Waals surface area contributed by atoms with Crippen molar-refractivity contribution < 1.29 is 22.7 Å². The molecule has 7 nitrogen and oxygen atoms in total. The van der Waals surface area contributed by atoms with E-state index in [1.54, 1.807) is 31.2 Å². The number of benzene rings is 1. The maximum atomic E-state index is 12.0. The third-order valence-corrected chi connectivity index (χ3v) is 4.69. The van der Waals surface area contributed by atoms with Gasteiger partial charge in [0.2, 0.25) is 10.0 Å². The van der Waals surface area contributed by atoms with Crippen LogP contribution in [-0.4, -0.2) is 38.3 Å². The van der Waals surface area contributed by atoms with Gasteiger partial charge in [-0.15, -0.1) is 11.3 Å². The summed E-state index contributed by atoms with van der Waals surface area (Å²) in [4.78, 5) is 15.4. The zero-order valence-electron chi connectivity index (χ0n) is 12.4. The van der Waals surface area contributed by atoms with Gasteiger partial charge in [-0.05, 0) is 19.1 Å². The van der Waals surface area contributed by atoms with E-state index in [0.717, 1.165) is 11.3 Å². The van der Waals surface area contributed by atoms with Crippen LogP contribution in [0.1, 0.15) is 17.4 Å². The van der Waals surface area contributed by atoms with Gasteiger partial charge in [0.25, 0.3) is 0 Å². The summed E-state index contributed by atoms with van der Waals surface area (Å²) in [5.41, 5.74) is 0.0788. The lowest BCUT2D eigenvalue weighted by molar-refractivity contribution is 0.0520. The number of carbonyl (C=O) groups excluding carboxylic acids is 1. The third kappa shape index (κ3) is 5.53. The van der Waals surface area contributed by atoms with Gasteiger partial charge in [-0.1, -0.05) is 18.2 Å². The second-order valence-electron chi connectivity index (χ2n) is 4.34. The largest absolute Gasteiger partial charge is 0.492 e. The van der Waals surface area contributed by atoms with Gasteiger partial charge in [-0.3, -0.25) is 4.72 Å². The Morgan fingerprint density at radius 2 is 2.04 bits per heavy atom. The Bertz CT molecular complexity index is 744. The predicted molar refractivity (Wildman–Crippen MR) is 87.4 cm³/mol. The number of anilines is 1. The molecule has 0 amide bonds. The average molecular weight is 356 g/mol. The highest BCUT2D eigenvalue weighted by Gasteiger charge is 2.16. The SMILES string of the molecule is CCOC(=O)c1csc(NS(=O)(=O)CCOc2ccccc2)n1. The summed E-state index contributed by atoms with van der Waals surface area (Å²) in [5.74, 6) is -0.209. The number of thiazole rings is 1. The smallest absolute Gasteiger partial charge is 0.357 e. The highest BCUT2D eigenvalue weighted by molar-refractivity contribution is 7.92. The van der Waals surface area contributed by atoms with Crippen LogP contribution in [-0.2, 0) is 14.8 Å². The molecule has 23 heavy (non-hydrogen) atoms. The second kappa shape index (κ2) is 7.93. The van der Waals surface area contributed by atoms with E-state index < -0.39 is 16.0 Å². The molecule has 9 heteroatoms. The monoisotopic (exact) mass is 356 g/mol. The molecule has 0 atom stereocenters. The van der Waals surface area contributed by atoms with Gasteiger partial charge in [-0.25, -0.2) is 18.2 Å². The number of carbonyl (C=O) groups is 1. The number of para-hydroxylation sites is 1. The van der Waals surface area contributed by atoms with Gasteiger partial charge in [0.1, 0.15) is 18.1 Å². The lowest BCUT2D eigenvalue weighted by atomic mass is 10.3. The van der Waals surface area contributed by atoms with E-state index in [-0.39, 0.29) is 29.8 Å². The molecule has 1 aromatic carbocycles. The number of sulfonamides is 1. The molecule has 1 aromatic heterocycles. The molecule has 0 saturated carbocycles. The lowest BCUT2D eigenvalue weighted by Crippen LogP contribution is -2.21. The fourth-order valence-electron chi connectivity index (χ4n) is 1.59. The molecule has 2 rings (SSSR count). The highest BCUT2D eigenvalue weighted by atomic mass is 32.2. The Balaban J connectivity index is 1.87. The van der Waals surface area contributed by atoms with Crippen LogP contribution in [0.15, 0.2) is 35.7 Å². The van der Waals surface area contributed by atoms with Gasteiger partial charge in [0.05, 0.1) is 6.61 Å². The van der Waals surface area contributed by atoms with Crippen molar-refractivity contribution in [1.29, 1.82) is 0 Å². The van der Waals surface area contributed by atoms with Crippen molar-refractivity contribution in [3.8, 4) is 5.75 Å². The molecular weight excluding hydrogens is 340 g/mol. The Morgan fingerprint density at radius 1 is 1.30 bits per heavy atom. The summed E-state index contributed by atoms with van der Waals surface area (Å²) < 4.78 is 36.4. The van der Waals surface area contributed by atoms with Crippen LogP contribution in [0, 0.1) is 0 Å². The van der Waals surface area contributed by atoms with Crippen molar-refractivity contribution in [3.05, 3.63) is 41.4 Å². The summed E-state index contributed by atoms with van der Waals surface area (Å²) in [7, 11) is -3.61. The zero-order chi connectivity index (χ0) is 16.7. The van der Waals surface area contributed by atoms with Gasteiger partial charge >= 0.3 is 5.97 Å². The molecule has 0 aliphatic heterocycles. The van der Waals surface area contributed by atoms with Crippen molar-refractivity contribution in [3.63, 3.8) is 0 Å². The number of ether oxygens (including phenoxy) is 2. The zero-order valence-corrected chi connectivity index (χ0v) is 14.0. The standard InChI is InChI=1S/C14H16N2O5S2/c1-2-20-13(17)12-10-22-14(15-12)16-23(18,19)9-8-21-11-6-4-3-5-7-11/h3-7,10H,2,8-9H2,1H3,(H,15,16). The van der Waals surface area contributed by atoms with Crippen molar-refractivity contribution in [2.45, 2.75) is 6.92 Å². The van der Waals surface area contributed by atoms with E-state index in [1.165, 1.54) is 5.38 Å². The molecule has 1 heterocycles. The van der Waals surface area contributed by atoms with E-state index in [9.17, 15) is 13.2 Å². The number of rotatable bonds is 8. The van der Waals surface area contributed by atoms with Crippen molar-refractivity contribution in [2.75, 3.05) is 23.7 Å². The summed E-state index contributed by atoms with van der Waals surface area (Å²) >= 11 is 1.02. The molecular formula is C14H16N2O5S2. The highest BCUT2D eigenvalue weighted by Crippen LogP contribution is 2.17.